The molecular formula is C20H14F3IN4O3. The van der Waals surface area contributed by atoms with E-state index in [1.165, 1.54) is 5.39 Å². The lowest BCUT2D eigenvalue weighted by molar-refractivity contribution is -0.192. The van der Waals surface area contributed by atoms with Gasteiger partial charge in [-0.25, -0.2) is 4.79 Å². The second kappa shape index (κ2) is 9.29. The minimum Gasteiger partial charge on any atom is -0.479 e. The number of H-pyrrole nitrogens is 1. The van der Waals surface area contributed by atoms with Crippen molar-refractivity contribution in [3.05, 3.63) is 58.4 Å². The van der Waals surface area contributed by atoms with Gasteiger partial charge in [-0.1, -0.05) is 18.2 Å². The van der Waals surface area contributed by atoms with Gasteiger partial charge >= 0.3 is 12.1 Å². The smallest absolute Gasteiger partial charge is 0.479 e. The number of aliphatic carboxylic acids is 1. The largest absolute Gasteiger partial charge is 0.490 e. The summed E-state index contributed by atoms with van der Waals surface area (Å²) in [6.45, 7) is 0. The molecule has 0 amide bonds. The number of ether oxygens (including phenoxy) is 1. The van der Waals surface area contributed by atoms with Crippen LogP contribution >= 0.6 is 22.6 Å². The number of alkyl halides is 3. The number of para-hydroxylation sites is 1. The van der Waals surface area contributed by atoms with Crippen molar-refractivity contribution in [3.8, 4) is 28.4 Å². The molecule has 7 nitrogen and oxygen atoms in total. The minimum atomic E-state index is -5.08. The molecule has 0 bridgehead atoms. The van der Waals surface area contributed by atoms with Crippen molar-refractivity contribution in [1.82, 2.24) is 20.2 Å². The number of hydrogen-bond acceptors (Lipinski definition) is 5. The number of fused-ring (bicyclic) bond motifs is 1. The molecule has 0 aliphatic rings. The number of aromatic amines is 1. The van der Waals surface area contributed by atoms with Crippen molar-refractivity contribution in [1.29, 1.82) is 0 Å². The number of hydrogen-bond donors (Lipinski definition) is 2. The van der Waals surface area contributed by atoms with E-state index in [2.05, 4.69) is 54.9 Å². The fraction of sp³-hybridized carbons (Fsp3) is 0.100. The van der Waals surface area contributed by atoms with Crippen LogP contribution in [-0.4, -0.2) is 44.5 Å². The third kappa shape index (κ3) is 5.10. The van der Waals surface area contributed by atoms with Gasteiger partial charge in [0.1, 0.15) is 0 Å². The molecule has 0 radical (unpaired) electrons. The Bertz CT molecular complexity index is 1210. The van der Waals surface area contributed by atoms with Gasteiger partial charge in [-0.15, -0.1) is 10.2 Å². The number of nitrogens with zero attached hydrogens (tertiary/aromatic N) is 3. The van der Waals surface area contributed by atoms with E-state index in [4.69, 9.17) is 14.6 Å². The Labute approximate surface area is 187 Å². The molecule has 3 heterocycles. The van der Waals surface area contributed by atoms with E-state index in [9.17, 15) is 13.2 Å². The average molecular weight is 542 g/mol. The van der Waals surface area contributed by atoms with Crippen LogP contribution in [-0.2, 0) is 4.79 Å². The fourth-order valence-electron chi connectivity index (χ4n) is 2.67. The van der Waals surface area contributed by atoms with E-state index in [1.807, 2.05) is 30.3 Å². The van der Waals surface area contributed by atoms with Crippen LogP contribution in [0.4, 0.5) is 13.2 Å². The summed E-state index contributed by atoms with van der Waals surface area (Å²) in [5.74, 6) is -2.26. The summed E-state index contributed by atoms with van der Waals surface area (Å²) >= 11 is 2.35. The minimum absolute atomic E-state index is 0.497. The number of rotatable bonds is 3. The molecule has 0 aliphatic heterocycles. The third-order valence-corrected chi connectivity index (χ3v) is 5.20. The van der Waals surface area contributed by atoms with Gasteiger partial charge in [-0.2, -0.15) is 13.2 Å². The second-order valence-electron chi connectivity index (χ2n) is 6.05. The first kappa shape index (κ1) is 22.5. The Balaban J connectivity index is 0.000000339. The zero-order valence-corrected chi connectivity index (χ0v) is 18.0. The van der Waals surface area contributed by atoms with Gasteiger partial charge in [0.25, 0.3) is 0 Å². The van der Waals surface area contributed by atoms with Crippen LogP contribution < -0.4 is 4.74 Å². The molecule has 11 heteroatoms. The Hall–Kier alpha value is -3.22. The van der Waals surface area contributed by atoms with Crippen molar-refractivity contribution in [2.24, 2.45) is 0 Å². The molecule has 4 aromatic rings. The number of aromatic nitrogens is 4. The van der Waals surface area contributed by atoms with Crippen LogP contribution in [0, 0.1) is 3.57 Å². The average Bonchev–Trinajstić information content (AvgIpc) is 3.10. The Kier molecular flexibility index (Phi) is 6.73. The molecule has 0 atom stereocenters. The Morgan fingerprint density at radius 2 is 1.77 bits per heavy atom. The number of pyridine rings is 1. The van der Waals surface area contributed by atoms with Crippen LogP contribution in [0.3, 0.4) is 0 Å². The molecule has 0 saturated heterocycles. The number of nitrogens with one attached hydrogen (secondary N) is 1. The zero-order chi connectivity index (χ0) is 22.6. The standard InChI is InChI=1S/C18H13IN4O.C2HF3O2/c1-24-18-13(10-15(22-23-18)11-6-8-20-9-7-11)17-16(19)12-4-2-3-5-14(12)21-17;3-2(4,5)1(6)7/h2-10,21H,1H3;(H,6,7). The summed E-state index contributed by atoms with van der Waals surface area (Å²) in [5.41, 5.74) is 4.70. The van der Waals surface area contributed by atoms with Crippen LogP contribution in [0.5, 0.6) is 5.88 Å². The number of carboxylic acids is 1. The van der Waals surface area contributed by atoms with E-state index < -0.39 is 12.1 Å². The first-order chi connectivity index (χ1) is 14.7. The molecule has 0 fully saturated rings. The van der Waals surface area contributed by atoms with Crippen molar-refractivity contribution in [3.63, 3.8) is 0 Å². The van der Waals surface area contributed by atoms with E-state index in [0.29, 0.717) is 5.88 Å². The number of benzene rings is 1. The van der Waals surface area contributed by atoms with E-state index in [1.54, 1.807) is 19.5 Å². The predicted octanol–water partition coefficient (Wildman–Crippen LogP) is 4.93. The zero-order valence-electron chi connectivity index (χ0n) is 15.8. The highest BCUT2D eigenvalue weighted by Gasteiger charge is 2.38. The molecule has 160 valence electrons. The maximum atomic E-state index is 10.6. The molecule has 4 rings (SSSR count). The first-order valence-corrected chi connectivity index (χ1v) is 9.69. The van der Waals surface area contributed by atoms with Crippen LogP contribution in [0.15, 0.2) is 54.9 Å². The molecule has 3 aromatic heterocycles. The lowest BCUT2D eigenvalue weighted by Gasteiger charge is -2.08. The molecule has 0 aliphatic carbocycles. The van der Waals surface area contributed by atoms with Crippen LogP contribution in [0.25, 0.3) is 33.4 Å². The SMILES string of the molecule is COc1nnc(-c2ccncc2)cc1-c1[nH]c2ccccc2c1I.O=C(O)C(F)(F)F. The third-order valence-electron chi connectivity index (χ3n) is 4.08. The van der Waals surface area contributed by atoms with Crippen molar-refractivity contribution in [2.45, 2.75) is 6.18 Å². The molecule has 0 saturated carbocycles. The summed E-state index contributed by atoms with van der Waals surface area (Å²) in [4.78, 5) is 16.4. The van der Waals surface area contributed by atoms with Gasteiger partial charge in [0.15, 0.2) is 0 Å². The highest BCUT2D eigenvalue weighted by molar-refractivity contribution is 14.1. The monoisotopic (exact) mass is 542 g/mol. The highest BCUT2D eigenvalue weighted by atomic mass is 127. The van der Waals surface area contributed by atoms with E-state index >= 15 is 0 Å². The van der Waals surface area contributed by atoms with Crippen LogP contribution in [0.2, 0.25) is 0 Å². The van der Waals surface area contributed by atoms with Crippen LogP contribution in [0.1, 0.15) is 0 Å². The Morgan fingerprint density at radius 3 is 2.35 bits per heavy atom. The summed E-state index contributed by atoms with van der Waals surface area (Å²) in [6, 6.07) is 14.0. The lowest BCUT2D eigenvalue weighted by atomic mass is 10.1. The lowest BCUT2D eigenvalue weighted by Crippen LogP contribution is -2.21. The van der Waals surface area contributed by atoms with Gasteiger partial charge in [0.05, 0.1) is 24.1 Å². The maximum Gasteiger partial charge on any atom is 0.490 e. The van der Waals surface area contributed by atoms with Crippen molar-refractivity contribution < 1.29 is 27.8 Å². The summed E-state index contributed by atoms with van der Waals surface area (Å²) in [5, 5.41) is 16.8. The van der Waals surface area contributed by atoms with Gasteiger partial charge in [-0.3, -0.25) is 4.98 Å². The van der Waals surface area contributed by atoms with Gasteiger partial charge in [0.2, 0.25) is 5.88 Å². The number of methoxy groups -OCH3 is 1. The summed E-state index contributed by atoms with van der Waals surface area (Å²) in [6.07, 6.45) is -1.60. The van der Waals surface area contributed by atoms with Crippen molar-refractivity contribution in [2.75, 3.05) is 7.11 Å². The summed E-state index contributed by atoms with van der Waals surface area (Å²) < 4.78 is 38.3. The second-order valence-corrected chi connectivity index (χ2v) is 7.13. The molecule has 31 heavy (non-hydrogen) atoms. The number of carboxylic acid groups (broad SMARTS) is 1. The quantitative estimate of drug-likeness (QED) is 0.356. The maximum absolute atomic E-state index is 10.6. The first-order valence-electron chi connectivity index (χ1n) is 8.61. The van der Waals surface area contributed by atoms with Gasteiger partial charge in [0, 0.05) is 32.4 Å². The highest BCUT2D eigenvalue weighted by Crippen LogP contribution is 2.36. The summed E-state index contributed by atoms with van der Waals surface area (Å²) in [7, 11) is 1.61. The van der Waals surface area contributed by atoms with E-state index in [-0.39, 0.29) is 0 Å². The predicted molar refractivity (Wildman–Crippen MR) is 116 cm³/mol. The number of halogens is 4. The topological polar surface area (TPSA) is 101 Å². The molecule has 1 aromatic carbocycles. The molecular weight excluding hydrogens is 528 g/mol. The van der Waals surface area contributed by atoms with E-state index in [0.717, 1.165) is 31.6 Å². The molecule has 2 N–H and O–H groups in total. The fourth-order valence-corrected chi connectivity index (χ4v) is 3.56. The molecule has 0 unspecified atom stereocenters. The Morgan fingerprint density at radius 1 is 1.13 bits per heavy atom. The normalized spacial score (nSPS) is 11.0. The molecule has 0 spiro atoms. The van der Waals surface area contributed by atoms with Crippen molar-refractivity contribution >= 4 is 39.5 Å². The number of carbonyl (C=O) groups is 1. The van der Waals surface area contributed by atoms with Gasteiger partial charge < -0.3 is 14.8 Å². The van der Waals surface area contributed by atoms with Gasteiger partial charge in [-0.05, 0) is 46.9 Å².